The van der Waals surface area contributed by atoms with Crippen LogP contribution in [-0.4, -0.2) is 30.9 Å². The molecule has 1 fully saturated rings. The Morgan fingerprint density at radius 3 is 2.38 bits per heavy atom. The molecule has 7 nitrogen and oxygen atoms in total. The van der Waals surface area contributed by atoms with Crippen LogP contribution in [0, 0.1) is 12.8 Å². The lowest BCUT2D eigenvalue weighted by Gasteiger charge is -2.17. The maximum Gasteiger partial charge on any atom is 0.262 e. The van der Waals surface area contributed by atoms with Crippen molar-refractivity contribution in [3.05, 3.63) is 90.0 Å². The van der Waals surface area contributed by atoms with Crippen molar-refractivity contribution in [3.63, 3.8) is 0 Å². The van der Waals surface area contributed by atoms with E-state index in [0.29, 0.717) is 30.2 Å². The van der Waals surface area contributed by atoms with Crippen LogP contribution in [0.1, 0.15) is 17.5 Å². The number of ether oxygens (including phenoxy) is 1. The number of benzene rings is 3. The quantitative estimate of drug-likeness (QED) is 0.540. The minimum absolute atomic E-state index is 0.0913. The minimum atomic E-state index is -0.393. The summed E-state index contributed by atoms with van der Waals surface area (Å²) in [5.41, 5.74) is 3.59. The first kappa shape index (κ1) is 23.0. The van der Waals surface area contributed by atoms with Crippen molar-refractivity contribution < 1.29 is 19.1 Å². The van der Waals surface area contributed by atoms with Gasteiger partial charge in [-0.2, -0.15) is 0 Å². The molecule has 0 radical (unpaired) electrons. The van der Waals surface area contributed by atoms with Crippen molar-refractivity contribution >= 4 is 29.1 Å². The number of para-hydroxylation sites is 1. The molecule has 1 aliphatic heterocycles. The molecular weight excluding hydrogens is 430 g/mol. The lowest BCUT2D eigenvalue weighted by molar-refractivity contribution is -0.126. The number of carbonyl (C=O) groups excluding carboxylic acids is 3. The normalized spacial score (nSPS) is 15.1. The van der Waals surface area contributed by atoms with Gasteiger partial charge in [-0.15, -0.1) is 0 Å². The van der Waals surface area contributed by atoms with E-state index in [-0.39, 0.29) is 30.7 Å². The van der Waals surface area contributed by atoms with Crippen LogP contribution in [0.2, 0.25) is 0 Å². The third-order valence-electron chi connectivity index (χ3n) is 5.66. The van der Waals surface area contributed by atoms with E-state index in [1.54, 1.807) is 41.3 Å². The zero-order chi connectivity index (χ0) is 23.9. The number of aryl methyl sites for hydroxylation is 1. The molecule has 3 aromatic carbocycles. The lowest BCUT2D eigenvalue weighted by Crippen LogP contribution is -2.32. The highest BCUT2D eigenvalue weighted by Crippen LogP contribution is 2.27. The molecule has 1 saturated heterocycles. The van der Waals surface area contributed by atoms with Crippen molar-refractivity contribution in [1.82, 2.24) is 5.32 Å². The molecule has 2 N–H and O–H groups in total. The zero-order valence-corrected chi connectivity index (χ0v) is 19.0. The zero-order valence-electron chi connectivity index (χ0n) is 19.0. The molecule has 3 amide bonds. The SMILES string of the molecule is Cc1ccc(CNC(=O)[C@H]2CC(=O)N(c3ccc(OCC(=O)Nc4ccccc4)cc3)C2)cc1. The smallest absolute Gasteiger partial charge is 0.262 e. The Labute approximate surface area is 198 Å². The van der Waals surface area contributed by atoms with Gasteiger partial charge in [0.05, 0.1) is 5.92 Å². The molecule has 0 aliphatic carbocycles. The first-order chi connectivity index (χ1) is 16.5. The van der Waals surface area contributed by atoms with Crippen molar-refractivity contribution in [3.8, 4) is 5.75 Å². The largest absolute Gasteiger partial charge is 0.484 e. The summed E-state index contributed by atoms with van der Waals surface area (Å²) in [6, 6.07) is 24.1. The second kappa shape index (κ2) is 10.7. The van der Waals surface area contributed by atoms with Gasteiger partial charge >= 0.3 is 0 Å². The molecule has 1 heterocycles. The van der Waals surface area contributed by atoms with Crippen LogP contribution in [0.25, 0.3) is 0 Å². The van der Waals surface area contributed by atoms with Gasteiger partial charge in [-0.25, -0.2) is 0 Å². The van der Waals surface area contributed by atoms with Crippen LogP contribution in [0.5, 0.6) is 5.75 Å². The van der Waals surface area contributed by atoms with Crippen molar-refractivity contribution in [1.29, 1.82) is 0 Å². The van der Waals surface area contributed by atoms with Crippen molar-refractivity contribution in [2.45, 2.75) is 19.9 Å². The number of carbonyl (C=O) groups is 3. The standard InChI is InChI=1S/C27H27N3O4/c1-19-7-9-20(10-8-19)16-28-27(33)21-15-26(32)30(17-21)23-11-13-24(14-12-23)34-18-25(31)29-22-5-3-2-4-6-22/h2-14,21H,15-18H2,1H3,(H,28,33)(H,29,31)/t21-/m0/s1. The molecule has 4 rings (SSSR count). The molecule has 0 spiro atoms. The van der Waals surface area contributed by atoms with E-state index < -0.39 is 5.92 Å². The predicted molar refractivity (Wildman–Crippen MR) is 130 cm³/mol. The van der Waals surface area contributed by atoms with Crippen LogP contribution >= 0.6 is 0 Å². The highest BCUT2D eigenvalue weighted by Gasteiger charge is 2.35. The topological polar surface area (TPSA) is 87.7 Å². The Kier molecular flexibility index (Phi) is 7.22. The third kappa shape index (κ3) is 6.01. The molecule has 34 heavy (non-hydrogen) atoms. The Bertz CT molecular complexity index is 1140. The van der Waals surface area contributed by atoms with E-state index in [4.69, 9.17) is 4.74 Å². The van der Waals surface area contributed by atoms with Gasteiger partial charge in [-0.3, -0.25) is 14.4 Å². The predicted octanol–water partition coefficient (Wildman–Crippen LogP) is 3.68. The Hall–Kier alpha value is -4.13. The molecule has 7 heteroatoms. The third-order valence-corrected chi connectivity index (χ3v) is 5.66. The number of nitrogens with one attached hydrogen (secondary N) is 2. The number of rotatable bonds is 8. The van der Waals surface area contributed by atoms with E-state index >= 15 is 0 Å². The number of anilines is 2. The van der Waals surface area contributed by atoms with Gasteiger partial charge in [0.1, 0.15) is 5.75 Å². The summed E-state index contributed by atoms with van der Waals surface area (Å²) in [5, 5.41) is 5.69. The van der Waals surface area contributed by atoms with Crippen LogP contribution < -0.4 is 20.3 Å². The summed E-state index contributed by atoms with van der Waals surface area (Å²) in [4.78, 5) is 38.8. The molecular formula is C27H27N3O4. The number of hydrogen-bond donors (Lipinski definition) is 2. The fourth-order valence-corrected chi connectivity index (χ4v) is 3.76. The summed E-state index contributed by atoms with van der Waals surface area (Å²) in [6.07, 6.45) is 0.178. The average Bonchev–Trinajstić information content (AvgIpc) is 3.25. The van der Waals surface area contributed by atoms with Gasteiger partial charge in [0.25, 0.3) is 5.91 Å². The Balaban J connectivity index is 1.26. The van der Waals surface area contributed by atoms with Crippen LogP contribution in [0.15, 0.2) is 78.9 Å². The average molecular weight is 458 g/mol. The molecule has 0 bridgehead atoms. The Morgan fingerprint density at radius 1 is 0.971 bits per heavy atom. The van der Waals surface area contributed by atoms with Gasteiger partial charge in [0, 0.05) is 30.9 Å². The molecule has 174 valence electrons. The second-order valence-electron chi connectivity index (χ2n) is 8.31. The molecule has 1 aliphatic rings. The monoisotopic (exact) mass is 457 g/mol. The van der Waals surface area contributed by atoms with E-state index in [1.807, 2.05) is 49.4 Å². The van der Waals surface area contributed by atoms with E-state index in [1.165, 1.54) is 5.56 Å². The lowest BCUT2D eigenvalue weighted by atomic mass is 10.1. The van der Waals surface area contributed by atoms with Crippen LogP contribution in [-0.2, 0) is 20.9 Å². The van der Waals surface area contributed by atoms with E-state index in [2.05, 4.69) is 10.6 Å². The van der Waals surface area contributed by atoms with Gasteiger partial charge < -0.3 is 20.3 Å². The molecule has 0 unspecified atom stereocenters. The number of nitrogens with zero attached hydrogens (tertiary/aromatic N) is 1. The first-order valence-electron chi connectivity index (χ1n) is 11.2. The number of amides is 3. The first-order valence-corrected chi connectivity index (χ1v) is 11.2. The van der Waals surface area contributed by atoms with Crippen LogP contribution in [0.4, 0.5) is 11.4 Å². The van der Waals surface area contributed by atoms with Gasteiger partial charge in [0.2, 0.25) is 11.8 Å². The molecule has 0 aromatic heterocycles. The summed E-state index contributed by atoms with van der Waals surface area (Å²) < 4.78 is 5.55. The van der Waals surface area contributed by atoms with Crippen molar-refractivity contribution in [2.75, 3.05) is 23.4 Å². The van der Waals surface area contributed by atoms with Crippen LogP contribution in [0.3, 0.4) is 0 Å². The van der Waals surface area contributed by atoms with Gasteiger partial charge in [-0.1, -0.05) is 48.0 Å². The highest BCUT2D eigenvalue weighted by molar-refractivity contribution is 6.00. The summed E-state index contributed by atoms with van der Waals surface area (Å²) in [6.45, 7) is 2.66. The fraction of sp³-hybridized carbons (Fsp3) is 0.222. The molecule has 0 saturated carbocycles. The molecule has 3 aromatic rings. The molecule has 1 atom stereocenters. The summed E-state index contributed by atoms with van der Waals surface area (Å²) in [5.74, 6) is -0.349. The van der Waals surface area contributed by atoms with E-state index in [9.17, 15) is 14.4 Å². The highest BCUT2D eigenvalue weighted by atomic mass is 16.5. The van der Waals surface area contributed by atoms with E-state index in [0.717, 1.165) is 5.56 Å². The maximum atomic E-state index is 12.6. The summed E-state index contributed by atoms with van der Waals surface area (Å²) in [7, 11) is 0. The van der Waals surface area contributed by atoms with Crippen molar-refractivity contribution in [2.24, 2.45) is 5.92 Å². The number of hydrogen-bond acceptors (Lipinski definition) is 4. The maximum absolute atomic E-state index is 12.6. The minimum Gasteiger partial charge on any atom is -0.484 e. The fourth-order valence-electron chi connectivity index (χ4n) is 3.76. The summed E-state index contributed by atoms with van der Waals surface area (Å²) >= 11 is 0. The van der Waals surface area contributed by atoms with Gasteiger partial charge in [-0.05, 0) is 48.9 Å². The Morgan fingerprint density at radius 2 is 1.68 bits per heavy atom. The van der Waals surface area contributed by atoms with Gasteiger partial charge in [0.15, 0.2) is 6.61 Å². The second-order valence-corrected chi connectivity index (χ2v) is 8.31.